The zero-order valence-electron chi connectivity index (χ0n) is 8.33. The first-order valence-electron chi connectivity index (χ1n) is 4.95. The highest BCUT2D eigenvalue weighted by Gasteiger charge is 1.95. The van der Waals surface area contributed by atoms with Crippen LogP contribution < -0.4 is 0 Å². The van der Waals surface area contributed by atoms with Crippen molar-refractivity contribution < 1.29 is 0 Å². The second-order valence-electron chi connectivity index (χ2n) is 3.34. The van der Waals surface area contributed by atoms with E-state index in [4.69, 9.17) is 0 Å². The average Bonchev–Trinajstić information content (AvgIpc) is 2.30. The molecule has 2 rings (SSSR count). The number of hydrogen-bond donors (Lipinski definition) is 0. The molecule has 0 saturated heterocycles. The highest BCUT2D eigenvalue weighted by Crippen LogP contribution is 2.18. The van der Waals surface area contributed by atoms with Gasteiger partial charge in [-0.3, -0.25) is 0 Å². The Labute approximate surface area is 85.2 Å². The summed E-state index contributed by atoms with van der Waals surface area (Å²) in [6.45, 7) is 2.17. The Morgan fingerprint density at radius 1 is 1.00 bits per heavy atom. The quantitative estimate of drug-likeness (QED) is 0.662. The van der Waals surface area contributed by atoms with Crippen LogP contribution in [0.3, 0.4) is 0 Å². The highest BCUT2D eigenvalue weighted by molar-refractivity contribution is 5.63. The van der Waals surface area contributed by atoms with Crippen molar-refractivity contribution in [3.8, 4) is 11.1 Å². The summed E-state index contributed by atoms with van der Waals surface area (Å²) in [5.41, 5.74) is 3.88. The minimum Gasteiger partial charge on any atom is -0.0613 e. The second kappa shape index (κ2) is 4.10. The number of benzene rings is 2. The summed E-state index contributed by atoms with van der Waals surface area (Å²) in [7, 11) is 0. The van der Waals surface area contributed by atoms with Crippen LogP contribution >= 0.6 is 0 Å². The van der Waals surface area contributed by atoms with Crippen LogP contribution in [0.15, 0.2) is 48.5 Å². The van der Waals surface area contributed by atoms with Crippen molar-refractivity contribution in [2.75, 3.05) is 0 Å². The predicted molar refractivity (Wildman–Crippen MR) is 60.1 cm³/mol. The molecule has 0 aliphatic heterocycles. The van der Waals surface area contributed by atoms with Crippen molar-refractivity contribution in [3.05, 3.63) is 60.2 Å². The van der Waals surface area contributed by atoms with Gasteiger partial charge in [0.05, 0.1) is 0 Å². The third-order valence-electron chi connectivity index (χ3n) is 2.40. The van der Waals surface area contributed by atoms with Crippen LogP contribution in [-0.4, -0.2) is 0 Å². The minimum atomic E-state index is 1.10. The van der Waals surface area contributed by atoms with Crippen molar-refractivity contribution >= 4 is 0 Å². The van der Waals surface area contributed by atoms with Crippen molar-refractivity contribution in [3.63, 3.8) is 0 Å². The lowest BCUT2D eigenvalue weighted by Crippen LogP contribution is -1.80. The molecule has 2 aromatic rings. The van der Waals surface area contributed by atoms with E-state index in [0.29, 0.717) is 0 Å². The van der Waals surface area contributed by atoms with Gasteiger partial charge in [0.25, 0.3) is 0 Å². The summed E-state index contributed by atoms with van der Waals surface area (Å²) >= 11 is 0. The van der Waals surface area contributed by atoms with Gasteiger partial charge in [-0.2, -0.15) is 0 Å². The number of rotatable bonds is 2. The molecule has 0 aliphatic carbocycles. The van der Waals surface area contributed by atoms with Crippen LogP contribution in [0.5, 0.6) is 0 Å². The Bertz CT molecular complexity index is 384. The maximum Gasteiger partial charge on any atom is -0.0178 e. The van der Waals surface area contributed by atoms with Gasteiger partial charge in [0.1, 0.15) is 0 Å². The largest absolute Gasteiger partial charge is 0.0613 e. The summed E-state index contributed by atoms with van der Waals surface area (Å²) in [6, 6.07) is 19.9. The molecule has 0 N–H and O–H groups in total. The van der Waals surface area contributed by atoms with Crippen LogP contribution in [0.4, 0.5) is 0 Å². The number of aryl methyl sites for hydroxylation is 1. The first-order chi connectivity index (χ1) is 6.90. The molecule has 0 heteroatoms. The van der Waals surface area contributed by atoms with Gasteiger partial charge in [0.2, 0.25) is 0 Å². The smallest absolute Gasteiger partial charge is 0.0178 e. The zero-order chi connectivity index (χ0) is 9.80. The Kier molecular flexibility index (Phi) is 2.64. The summed E-state index contributed by atoms with van der Waals surface area (Å²) < 4.78 is 0. The molecule has 0 nitrogen and oxygen atoms in total. The average molecular weight is 181 g/mol. The van der Waals surface area contributed by atoms with E-state index in [2.05, 4.69) is 43.3 Å². The van der Waals surface area contributed by atoms with Gasteiger partial charge in [0.15, 0.2) is 0 Å². The molecule has 0 amide bonds. The fraction of sp³-hybridized carbons (Fsp3) is 0.143. The first kappa shape index (κ1) is 9.01. The Morgan fingerprint density at radius 3 is 2.36 bits per heavy atom. The van der Waals surface area contributed by atoms with Gasteiger partial charge in [-0.25, -0.2) is 0 Å². The summed E-state index contributed by atoms with van der Waals surface area (Å²) in [5.74, 6) is 0. The van der Waals surface area contributed by atoms with Crippen LogP contribution in [-0.2, 0) is 6.42 Å². The standard InChI is InChI=1S/C14H13/c1-2-12-8-10-14(11-9-12)13-6-4-3-5-7-13/h3-4,6-11H,2H2,1H3. The molecular weight excluding hydrogens is 168 g/mol. The van der Waals surface area contributed by atoms with Crippen molar-refractivity contribution in [2.24, 2.45) is 0 Å². The van der Waals surface area contributed by atoms with Crippen LogP contribution in [0.1, 0.15) is 12.5 Å². The van der Waals surface area contributed by atoms with E-state index >= 15 is 0 Å². The van der Waals surface area contributed by atoms with Gasteiger partial charge in [-0.15, -0.1) is 0 Å². The highest BCUT2D eigenvalue weighted by atomic mass is 14.0. The van der Waals surface area contributed by atoms with Gasteiger partial charge in [-0.1, -0.05) is 49.4 Å². The molecular formula is C14H13. The Balaban J connectivity index is 2.34. The van der Waals surface area contributed by atoms with Crippen molar-refractivity contribution in [1.29, 1.82) is 0 Å². The monoisotopic (exact) mass is 181 g/mol. The zero-order valence-corrected chi connectivity index (χ0v) is 8.33. The van der Waals surface area contributed by atoms with Crippen LogP contribution in [0.2, 0.25) is 0 Å². The summed E-state index contributed by atoms with van der Waals surface area (Å²) in [4.78, 5) is 0. The van der Waals surface area contributed by atoms with Gasteiger partial charge < -0.3 is 0 Å². The molecule has 2 aromatic carbocycles. The predicted octanol–water partition coefficient (Wildman–Crippen LogP) is 3.72. The van der Waals surface area contributed by atoms with E-state index in [1.165, 1.54) is 16.7 Å². The van der Waals surface area contributed by atoms with E-state index in [1.54, 1.807) is 0 Å². The molecule has 0 aromatic heterocycles. The maximum atomic E-state index is 3.09. The first-order valence-corrected chi connectivity index (χ1v) is 4.95. The molecule has 0 saturated carbocycles. The fourth-order valence-corrected chi connectivity index (χ4v) is 1.51. The van der Waals surface area contributed by atoms with E-state index in [0.717, 1.165) is 6.42 Å². The fourth-order valence-electron chi connectivity index (χ4n) is 1.51. The minimum absolute atomic E-state index is 1.10. The molecule has 0 unspecified atom stereocenters. The molecule has 14 heavy (non-hydrogen) atoms. The lowest BCUT2D eigenvalue weighted by Gasteiger charge is -2.02. The molecule has 0 heterocycles. The molecule has 0 spiro atoms. The maximum absolute atomic E-state index is 3.09. The SMILES string of the molecule is CCc1ccc(-c2c[c]ccc2)cc1. The molecule has 0 bridgehead atoms. The number of hydrogen-bond acceptors (Lipinski definition) is 0. The van der Waals surface area contributed by atoms with Crippen LogP contribution in [0.25, 0.3) is 11.1 Å². The molecule has 0 fully saturated rings. The summed E-state index contributed by atoms with van der Waals surface area (Å²) in [5, 5.41) is 0. The van der Waals surface area contributed by atoms with Gasteiger partial charge >= 0.3 is 0 Å². The van der Waals surface area contributed by atoms with E-state index in [9.17, 15) is 0 Å². The van der Waals surface area contributed by atoms with E-state index in [1.807, 2.05) is 18.2 Å². The second-order valence-corrected chi connectivity index (χ2v) is 3.34. The van der Waals surface area contributed by atoms with Crippen molar-refractivity contribution in [1.82, 2.24) is 0 Å². The Hall–Kier alpha value is -1.56. The van der Waals surface area contributed by atoms with Gasteiger partial charge in [-0.05, 0) is 35.2 Å². The summed E-state index contributed by atoms with van der Waals surface area (Å²) in [6.07, 6.45) is 1.10. The normalized spacial score (nSPS) is 10.1. The van der Waals surface area contributed by atoms with Crippen LogP contribution in [0, 0.1) is 6.07 Å². The lowest BCUT2D eigenvalue weighted by atomic mass is 10.0. The molecule has 0 aliphatic rings. The van der Waals surface area contributed by atoms with E-state index in [-0.39, 0.29) is 0 Å². The van der Waals surface area contributed by atoms with Crippen molar-refractivity contribution in [2.45, 2.75) is 13.3 Å². The Morgan fingerprint density at radius 2 is 1.79 bits per heavy atom. The molecule has 0 atom stereocenters. The topological polar surface area (TPSA) is 0 Å². The van der Waals surface area contributed by atoms with Gasteiger partial charge in [0, 0.05) is 0 Å². The van der Waals surface area contributed by atoms with E-state index < -0.39 is 0 Å². The third kappa shape index (κ3) is 1.85. The lowest BCUT2D eigenvalue weighted by molar-refractivity contribution is 1.14. The molecule has 69 valence electrons. The third-order valence-corrected chi connectivity index (χ3v) is 2.40. The molecule has 1 radical (unpaired) electrons.